The molecule has 1 heterocycles. The number of aliphatic hydroxyl groups is 2. The van der Waals surface area contributed by atoms with E-state index in [1.54, 1.807) is 0 Å². The van der Waals surface area contributed by atoms with Crippen molar-refractivity contribution in [2.75, 3.05) is 0 Å². The van der Waals surface area contributed by atoms with Crippen molar-refractivity contribution in [3.8, 4) is 0 Å². The topological polar surface area (TPSA) is 65.5 Å². The zero-order valence-electron chi connectivity index (χ0n) is 2.21. The number of hydrogen-bond acceptors (Lipinski definition) is 4. The molecule has 6 heteroatoms. The SMILES string of the molecule is OC1(O)OO1.[LiH].[MgH2]. The average molecular weight is 112 g/mol. The summed E-state index contributed by atoms with van der Waals surface area (Å²) in [6.07, 6.45) is -2.25. The molecule has 0 radical (unpaired) electrons. The van der Waals surface area contributed by atoms with E-state index in [2.05, 4.69) is 9.78 Å². The Hall–Kier alpha value is 1.20. The Morgan fingerprint density at radius 3 is 1.29 bits per heavy atom. The van der Waals surface area contributed by atoms with Gasteiger partial charge in [0.25, 0.3) is 0 Å². The minimum absolute atomic E-state index is 0. The molecule has 0 saturated carbocycles. The fourth-order valence-electron chi connectivity index (χ4n) is 0.0373. The summed E-state index contributed by atoms with van der Waals surface area (Å²) in [6.45, 7) is 0. The fraction of sp³-hybridized carbons (Fsp3) is 1.00. The zero-order chi connectivity index (χ0) is 3.91. The van der Waals surface area contributed by atoms with Gasteiger partial charge in [0.15, 0.2) is 0 Å². The average Bonchev–Trinajstić information content (AvgIpc) is 1.76. The van der Waals surface area contributed by atoms with Crippen LogP contribution in [-0.2, 0) is 9.78 Å². The van der Waals surface area contributed by atoms with Gasteiger partial charge in [0.05, 0.1) is 0 Å². The van der Waals surface area contributed by atoms with E-state index in [4.69, 9.17) is 10.2 Å². The predicted octanol–water partition coefficient (Wildman–Crippen LogP) is -3.02. The van der Waals surface area contributed by atoms with Crippen LogP contribution in [0.25, 0.3) is 0 Å². The van der Waals surface area contributed by atoms with Gasteiger partial charge in [-0.25, -0.2) is 0 Å². The number of hydrogen-bond donors (Lipinski definition) is 2. The second-order valence-electron chi connectivity index (χ2n) is 0.715. The molecule has 1 aliphatic rings. The second kappa shape index (κ2) is 3.27. The molecular formula is CH5LiMgO4. The summed E-state index contributed by atoms with van der Waals surface area (Å²) in [4.78, 5) is 7.01. The monoisotopic (exact) mass is 112 g/mol. The Morgan fingerprint density at radius 1 is 1.14 bits per heavy atom. The minimum Gasteiger partial charge on any atom is 0.316 e. The van der Waals surface area contributed by atoms with Crippen molar-refractivity contribution in [2.24, 2.45) is 0 Å². The van der Waals surface area contributed by atoms with Gasteiger partial charge in [0.2, 0.25) is 0 Å². The van der Waals surface area contributed by atoms with Crippen molar-refractivity contribution in [1.29, 1.82) is 0 Å². The molecule has 7 heavy (non-hydrogen) atoms. The molecule has 1 rings (SSSR count). The molecule has 0 aromatic carbocycles. The minimum atomic E-state index is -2.25. The van der Waals surface area contributed by atoms with Gasteiger partial charge in [-0.2, -0.15) is 0 Å². The van der Waals surface area contributed by atoms with Crippen LogP contribution in [0, 0.1) is 0 Å². The Balaban J connectivity index is 0. The fourth-order valence-corrected chi connectivity index (χ4v) is 0.0373. The first-order chi connectivity index (χ1) is 2.21. The molecule has 1 saturated heterocycles. The van der Waals surface area contributed by atoms with E-state index >= 15 is 0 Å². The summed E-state index contributed by atoms with van der Waals surface area (Å²) in [5.41, 5.74) is 0. The van der Waals surface area contributed by atoms with E-state index in [9.17, 15) is 0 Å². The molecule has 1 aliphatic heterocycles. The first-order valence-electron chi connectivity index (χ1n) is 1.02. The molecular weight excluding hydrogens is 107 g/mol. The maximum absolute atomic E-state index is 7.74. The largest absolute Gasteiger partial charge is 0.316 e. The van der Waals surface area contributed by atoms with E-state index in [-0.39, 0.29) is 41.9 Å². The predicted molar refractivity (Wildman–Crippen MR) is 25.0 cm³/mol. The summed E-state index contributed by atoms with van der Waals surface area (Å²) in [5, 5.41) is 15.5. The van der Waals surface area contributed by atoms with Crippen LogP contribution in [0.15, 0.2) is 0 Å². The number of rotatable bonds is 0. The van der Waals surface area contributed by atoms with Gasteiger partial charge >= 0.3 is 48.1 Å². The second-order valence-corrected chi connectivity index (χ2v) is 0.715. The van der Waals surface area contributed by atoms with Gasteiger partial charge in [0, 0.05) is 0 Å². The summed E-state index contributed by atoms with van der Waals surface area (Å²) in [5.74, 6) is 0. The molecule has 0 aromatic heterocycles. The van der Waals surface area contributed by atoms with Crippen molar-refractivity contribution in [3.63, 3.8) is 0 Å². The van der Waals surface area contributed by atoms with Gasteiger partial charge < -0.3 is 10.2 Å². The molecule has 0 unspecified atom stereocenters. The molecule has 4 nitrogen and oxygen atoms in total. The Kier molecular flexibility index (Phi) is 5.17. The van der Waals surface area contributed by atoms with Crippen LogP contribution in [0.2, 0.25) is 0 Å². The molecule has 1 fully saturated rings. The Morgan fingerprint density at radius 2 is 1.29 bits per heavy atom. The van der Waals surface area contributed by atoms with Crippen LogP contribution in [0.3, 0.4) is 0 Å². The first-order valence-corrected chi connectivity index (χ1v) is 1.02. The van der Waals surface area contributed by atoms with Gasteiger partial charge in [-0.1, -0.05) is 0 Å². The summed E-state index contributed by atoms with van der Waals surface area (Å²) in [7, 11) is 0. The molecule has 0 aliphatic carbocycles. The standard InChI is InChI=1S/CH2O4.Li.Mg.3H/c2-1(3)4-5-1;;;;;/h2-3H;;;;;. The summed E-state index contributed by atoms with van der Waals surface area (Å²) < 4.78 is 0. The van der Waals surface area contributed by atoms with Crippen LogP contribution >= 0.6 is 0 Å². The van der Waals surface area contributed by atoms with E-state index in [1.807, 2.05) is 0 Å². The third-order valence-corrected chi connectivity index (χ3v) is 0.232. The van der Waals surface area contributed by atoms with Gasteiger partial charge in [-0.15, -0.1) is 9.78 Å². The zero-order valence-corrected chi connectivity index (χ0v) is 2.21. The van der Waals surface area contributed by atoms with E-state index in [1.165, 1.54) is 0 Å². The molecule has 0 atom stereocenters. The van der Waals surface area contributed by atoms with Crippen molar-refractivity contribution in [1.82, 2.24) is 0 Å². The van der Waals surface area contributed by atoms with E-state index in [0.29, 0.717) is 0 Å². The van der Waals surface area contributed by atoms with Gasteiger partial charge in [-0.05, 0) is 0 Å². The van der Waals surface area contributed by atoms with Crippen molar-refractivity contribution in [3.05, 3.63) is 0 Å². The Labute approximate surface area is 68.0 Å². The third kappa shape index (κ3) is 5.07. The van der Waals surface area contributed by atoms with Crippen LogP contribution < -0.4 is 0 Å². The molecule has 0 bridgehead atoms. The van der Waals surface area contributed by atoms with Crippen LogP contribution in [0.4, 0.5) is 0 Å². The molecule has 2 N–H and O–H groups in total. The molecule has 0 amide bonds. The van der Waals surface area contributed by atoms with Crippen LogP contribution in [0.5, 0.6) is 0 Å². The van der Waals surface area contributed by atoms with Crippen molar-refractivity contribution in [2.45, 2.75) is 6.16 Å². The Bertz CT molecular complexity index is 49.7. The maximum atomic E-state index is 7.74. The summed E-state index contributed by atoms with van der Waals surface area (Å²) >= 11 is 0. The van der Waals surface area contributed by atoms with E-state index < -0.39 is 6.16 Å². The maximum Gasteiger partial charge on any atom is 0.316 e. The van der Waals surface area contributed by atoms with Crippen molar-refractivity contribution < 1.29 is 20.0 Å². The molecule has 0 spiro atoms. The van der Waals surface area contributed by atoms with Crippen LogP contribution in [0.1, 0.15) is 0 Å². The molecule has 0 aromatic rings. The van der Waals surface area contributed by atoms with Crippen LogP contribution in [-0.4, -0.2) is 58.3 Å². The normalized spacial score (nSPS) is 21.4. The molecule has 36 valence electrons. The van der Waals surface area contributed by atoms with E-state index in [0.717, 1.165) is 0 Å². The first kappa shape index (κ1) is 11.1. The van der Waals surface area contributed by atoms with Gasteiger partial charge in [0.1, 0.15) is 0 Å². The van der Waals surface area contributed by atoms with Gasteiger partial charge in [-0.3, -0.25) is 0 Å². The quantitative estimate of drug-likeness (QED) is 0.151. The summed E-state index contributed by atoms with van der Waals surface area (Å²) in [6, 6.07) is 0. The van der Waals surface area contributed by atoms with Crippen molar-refractivity contribution >= 4 is 41.9 Å². The smallest absolute Gasteiger partial charge is 0.316 e. The third-order valence-electron chi connectivity index (χ3n) is 0.232.